The van der Waals surface area contributed by atoms with Gasteiger partial charge in [0.1, 0.15) is 0 Å². The van der Waals surface area contributed by atoms with Crippen LogP contribution in [0.3, 0.4) is 0 Å². The summed E-state index contributed by atoms with van der Waals surface area (Å²) in [6.07, 6.45) is -4.61. The molecule has 0 radical (unpaired) electrons. The normalized spacial score (nSPS) is 11.5. The van der Waals surface area contributed by atoms with E-state index in [0.717, 1.165) is 29.3 Å². The Kier molecular flexibility index (Phi) is 7.26. The Morgan fingerprint density at radius 3 is 2.29 bits per heavy atom. The molecule has 34 heavy (non-hydrogen) atoms. The highest BCUT2D eigenvalue weighted by molar-refractivity contribution is 7.92. The molecule has 0 aliphatic heterocycles. The van der Waals surface area contributed by atoms with Gasteiger partial charge in [-0.25, -0.2) is 8.42 Å². The summed E-state index contributed by atoms with van der Waals surface area (Å²) in [6, 6.07) is 15.8. The van der Waals surface area contributed by atoms with Crippen LogP contribution in [0, 0.1) is 6.92 Å². The lowest BCUT2D eigenvalue weighted by Gasteiger charge is -2.12. The van der Waals surface area contributed by atoms with Crippen molar-refractivity contribution >= 4 is 27.5 Å². The molecule has 11 heteroatoms. The van der Waals surface area contributed by atoms with Gasteiger partial charge in [0.05, 0.1) is 16.9 Å². The van der Waals surface area contributed by atoms with E-state index in [4.69, 9.17) is 0 Å². The minimum Gasteiger partial charge on any atom is -0.280 e. The van der Waals surface area contributed by atoms with Gasteiger partial charge in [-0.1, -0.05) is 36.4 Å². The standard InChI is InChI=1S/C23H20F3N3O4S/c1-15-6-2-3-7-16(15)13-21(30)27-28-22(31)17-8-4-11-20(12-17)34(32,33)29-19-10-5-9-18(14-19)23(24,25)26/h2-12,14,29H,13H2,1H3,(H,27,30)(H,28,31). The number of halogens is 3. The molecular weight excluding hydrogens is 471 g/mol. The summed E-state index contributed by atoms with van der Waals surface area (Å²) in [5.41, 5.74) is 4.79. The van der Waals surface area contributed by atoms with E-state index in [1.165, 1.54) is 24.3 Å². The monoisotopic (exact) mass is 491 g/mol. The van der Waals surface area contributed by atoms with Crippen LogP contribution in [0.5, 0.6) is 0 Å². The predicted molar refractivity (Wildman–Crippen MR) is 119 cm³/mol. The number of nitrogens with one attached hydrogen (secondary N) is 3. The molecule has 2 amide bonds. The lowest BCUT2D eigenvalue weighted by atomic mass is 10.1. The van der Waals surface area contributed by atoms with Gasteiger partial charge >= 0.3 is 6.18 Å². The van der Waals surface area contributed by atoms with Crippen molar-refractivity contribution in [2.45, 2.75) is 24.4 Å². The van der Waals surface area contributed by atoms with Crippen molar-refractivity contribution in [3.63, 3.8) is 0 Å². The molecule has 178 valence electrons. The molecule has 0 aliphatic rings. The number of sulfonamides is 1. The molecule has 0 atom stereocenters. The van der Waals surface area contributed by atoms with Crippen LogP contribution >= 0.6 is 0 Å². The summed E-state index contributed by atoms with van der Waals surface area (Å²) >= 11 is 0. The molecule has 0 bridgehead atoms. The lowest BCUT2D eigenvalue weighted by Crippen LogP contribution is -2.42. The Bertz CT molecular complexity index is 1320. The number of aryl methyl sites for hydroxylation is 1. The molecule has 3 aromatic rings. The van der Waals surface area contributed by atoms with E-state index in [2.05, 4.69) is 15.6 Å². The number of hydrazine groups is 1. The lowest BCUT2D eigenvalue weighted by molar-refractivity contribution is -0.137. The quantitative estimate of drug-likeness (QED) is 0.456. The maximum absolute atomic E-state index is 12.9. The zero-order chi connectivity index (χ0) is 24.9. The maximum Gasteiger partial charge on any atom is 0.416 e. The largest absolute Gasteiger partial charge is 0.416 e. The topological polar surface area (TPSA) is 104 Å². The first-order chi connectivity index (χ1) is 16.0. The molecular formula is C23H20F3N3O4S. The van der Waals surface area contributed by atoms with Gasteiger partial charge in [0.15, 0.2) is 0 Å². The minimum absolute atomic E-state index is 0.0300. The molecule has 0 spiro atoms. The van der Waals surface area contributed by atoms with Gasteiger partial charge in [-0.3, -0.25) is 25.2 Å². The van der Waals surface area contributed by atoms with Crippen molar-refractivity contribution in [2.75, 3.05) is 4.72 Å². The average Bonchev–Trinajstić information content (AvgIpc) is 2.78. The summed E-state index contributed by atoms with van der Waals surface area (Å²) in [5, 5.41) is 0. The molecule has 0 aromatic heterocycles. The number of anilines is 1. The van der Waals surface area contributed by atoms with Crippen LogP contribution in [0.2, 0.25) is 0 Å². The van der Waals surface area contributed by atoms with Crippen LogP contribution in [-0.2, 0) is 27.4 Å². The SMILES string of the molecule is Cc1ccccc1CC(=O)NNC(=O)c1cccc(S(=O)(=O)Nc2cccc(C(F)(F)F)c2)c1. The van der Waals surface area contributed by atoms with Crippen LogP contribution in [0.4, 0.5) is 18.9 Å². The number of hydrogen-bond donors (Lipinski definition) is 3. The summed E-state index contributed by atoms with van der Waals surface area (Å²) in [7, 11) is -4.29. The van der Waals surface area contributed by atoms with Crippen LogP contribution in [0.25, 0.3) is 0 Å². The number of carbonyl (C=O) groups excluding carboxylic acids is 2. The van der Waals surface area contributed by atoms with E-state index in [1.54, 1.807) is 12.1 Å². The van der Waals surface area contributed by atoms with Gasteiger partial charge in [0, 0.05) is 11.3 Å². The van der Waals surface area contributed by atoms with Gasteiger partial charge in [-0.2, -0.15) is 13.2 Å². The second-order valence-electron chi connectivity index (χ2n) is 7.32. The van der Waals surface area contributed by atoms with Crippen molar-refractivity contribution in [3.8, 4) is 0 Å². The van der Waals surface area contributed by atoms with Crippen LogP contribution in [0.15, 0.2) is 77.7 Å². The third-order valence-corrected chi connectivity index (χ3v) is 6.16. The number of rotatable bonds is 6. The molecule has 0 aliphatic carbocycles. The van der Waals surface area contributed by atoms with E-state index in [-0.39, 0.29) is 22.6 Å². The molecule has 3 rings (SSSR count). The smallest absolute Gasteiger partial charge is 0.280 e. The Labute approximate surface area is 194 Å². The fourth-order valence-electron chi connectivity index (χ4n) is 3.00. The molecule has 7 nitrogen and oxygen atoms in total. The van der Waals surface area contributed by atoms with Crippen LogP contribution in [-0.4, -0.2) is 20.2 Å². The third kappa shape index (κ3) is 6.35. The molecule has 3 aromatic carbocycles. The van der Waals surface area contributed by atoms with Crippen molar-refractivity contribution in [2.24, 2.45) is 0 Å². The molecule has 0 unspecified atom stereocenters. The molecule has 3 N–H and O–H groups in total. The van der Waals surface area contributed by atoms with Crippen molar-refractivity contribution < 1.29 is 31.2 Å². The fraction of sp³-hybridized carbons (Fsp3) is 0.130. The van der Waals surface area contributed by atoms with Crippen LogP contribution in [0.1, 0.15) is 27.0 Å². The number of amides is 2. The van der Waals surface area contributed by atoms with Gasteiger partial charge in [0.25, 0.3) is 15.9 Å². The van der Waals surface area contributed by atoms with Gasteiger partial charge in [-0.05, 0) is 54.4 Å². The first-order valence-corrected chi connectivity index (χ1v) is 11.4. The Morgan fingerprint density at radius 1 is 0.882 bits per heavy atom. The Morgan fingerprint density at radius 2 is 1.59 bits per heavy atom. The molecule has 0 fully saturated rings. The Balaban J connectivity index is 1.68. The maximum atomic E-state index is 12.9. The van der Waals surface area contributed by atoms with E-state index in [1.807, 2.05) is 19.1 Å². The highest BCUT2D eigenvalue weighted by Crippen LogP contribution is 2.31. The first-order valence-electron chi connectivity index (χ1n) is 9.89. The zero-order valence-corrected chi connectivity index (χ0v) is 18.6. The predicted octanol–water partition coefficient (Wildman–Crippen LogP) is 3.82. The van der Waals surface area contributed by atoms with E-state index >= 15 is 0 Å². The fourth-order valence-corrected chi connectivity index (χ4v) is 4.10. The van der Waals surface area contributed by atoms with E-state index in [0.29, 0.717) is 6.07 Å². The minimum atomic E-state index is -4.64. The van der Waals surface area contributed by atoms with Gasteiger partial charge in [0.2, 0.25) is 5.91 Å². The summed E-state index contributed by atoms with van der Waals surface area (Å²) < 4.78 is 66.0. The number of alkyl halides is 3. The highest BCUT2D eigenvalue weighted by Gasteiger charge is 2.30. The van der Waals surface area contributed by atoms with E-state index in [9.17, 15) is 31.2 Å². The average molecular weight is 491 g/mol. The molecule has 0 saturated carbocycles. The number of carbonyl (C=O) groups is 2. The first kappa shape index (κ1) is 24.8. The third-order valence-electron chi connectivity index (χ3n) is 4.78. The second kappa shape index (κ2) is 9.96. The molecule has 0 saturated heterocycles. The van der Waals surface area contributed by atoms with Crippen molar-refractivity contribution in [1.29, 1.82) is 0 Å². The second-order valence-corrected chi connectivity index (χ2v) is 9.00. The molecule has 0 heterocycles. The van der Waals surface area contributed by atoms with E-state index < -0.39 is 33.6 Å². The summed E-state index contributed by atoms with van der Waals surface area (Å²) in [4.78, 5) is 24.2. The van der Waals surface area contributed by atoms with Gasteiger partial charge < -0.3 is 0 Å². The Hall–Kier alpha value is -3.86. The number of benzene rings is 3. The number of hydrogen-bond acceptors (Lipinski definition) is 4. The zero-order valence-electron chi connectivity index (χ0n) is 17.8. The summed E-state index contributed by atoms with van der Waals surface area (Å²) in [6.45, 7) is 1.85. The summed E-state index contributed by atoms with van der Waals surface area (Å²) in [5.74, 6) is -1.24. The van der Waals surface area contributed by atoms with Crippen molar-refractivity contribution in [3.05, 3.63) is 95.1 Å². The highest BCUT2D eigenvalue weighted by atomic mass is 32.2. The van der Waals surface area contributed by atoms with Crippen LogP contribution < -0.4 is 15.6 Å². The van der Waals surface area contributed by atoms with Crippen molar-refractivity contribution in [1.82, 2.24) is 10.9 Å². The van der Waals surface area contributed by atoms with Gasteiger partial charge in [-0.15, -0.1) is 0 Å².